The zero-order chi connectivity index (χ0) is 26.0. The molecule has 0 aliphatic heterocycles. The van der Waals surface area contributed by atoms with Gasteiger partial charge < -0.3 is 0 Å². The van der Waals surface area contributed by atoms with Crippen molar-refractivity contribution in [3.63, 3.8) is 0 Å². The van der Waals surface area contributed by atoms with E-state index < -0.39 is 116 Å². The summed E-state index contributed by atoms with van der Waals surface area (Å²) in [6.45, 7) is 14.0. The third kappa shape index (κ3) is 2.94. The van der Waals surface area contributed by atoms with Gasteiger partial charge in [-0.3, -0.25) is 0 Å². The van der Waals surface area contributed by atoms with Crippen molar-refractivity contribution < 1.29 is 26.3 Å². The Hall–Kier alpha value is -4.16. The maximum atomic E-state index is 15.6. The molecule has 0 N–H and O–H groups in total. The first kappa shape index (κ1) is 23.6. The Morgan fingerprint density at radius 2 is 1.03 bits per heavy atom. The number of hydrogen-bond acceptors (Lipinski definition) is 4. The average Bonchev–Trinajstić information content (AvgIpc) is 3.50. The van der Waals surface area contributed by atoms with E-state index in [4.69, 9.17) is 23.7 Å². The van der Waals surface area contributed by atoms with Crippen LogP contribution in [0.2, 0.25) is 0 Å². The molecule has 0 aliphatic rings. The summed E-state index contributed by atoms with van der Waals surface area (Å²) in [7, 11) is 0. The van der Waals surface area contributed by atoms with E-state index in [0.717, 1.165) is 0 Å². The van der Waals surface area contributed by atoms with Crippen LogP contribution in [-0.4, -0.2) is 39.0 Å². The summed E-state index contributed by atoms with van der Waals surface area (Å²) in [6, 6.07) is 3.03. The molecule has 0 unspecified atom stereocenters. The molecule has 0 amide bonds. The van der Waals surface area contributed by atoms with Crippen molar-refractivity contribution in [3.8, 4) is 12.1 Å². The number of halogens is 6. The Labute approximate surface area is 206 Å². The molecule has 0 aliphatic carbocycles. The molecular formula is C22F6N6Se2. The van der Waals surface area contributed by atoms with Gasteiger partial charge >= 0.3 is 207 Å². The van der Waals surface area contributed by atoms with Gasteiger partial charge in [0.2, 0.25) is 0 Å². The summed E-state index contributed by atoms with van der Waals surface area (Å²) in [5, 5.41) is 12.9. The summed E-state index contributed by atoms with van der Waals surface area (Å²) < 4.78 is 91.2. The molecule has 5 rings (SSSR count). The second-order valence-electron chi connectivity index (χ2n) is 6.92. The molecule has 6 nitrogen and oxygen atoms in total. The van der Waals surface area contributed by atoms with Crippen LogP contribution >= 0.6 is 0 Å². The molecule has 172 valence electrons. The first-order chi connectivity index (χ1) is 17.2. The minimum atomic E-state index is -1.79. The standard InChI is InChI=1S/C22F6N6Se2/c1-31-20(32-2)22-34-17-13(26)7-9(15(28)19(17)36-22)10(23)6-8(11(7)24)14(27)18-16(12(6)25)33-21(35-18)5(3-29)4-30. The fraction of sp³-hybridized carbons (Fsp3) is 0. The van der Waals surface area contributed by atoms with Crippen LogP contribution in [0.1, 0.15) is 0 Å². The van der Waals surface area contributed by atoms with Gasteiger partial charge in [0.05, 0.1) is 0 Å². The van der Waals surface area contributed by atoms with E-state index in [1.807, 2.05) is 0 Å². The van der Waals surface area contributed by atoms with Gasteiger partial charge in [-0.05, 0) is 0 Å². The van der Waals surface area contributed by atoms with E-state index in [0.29, 0.717) is 0 Å². The molecule has 3 aromatic carbocycles. The number of hydrogen-bond donors (Lipinski definition) is 0. The minimum absolute atomic E-state index is 0.260. The number of nitriles is 2. The van der Waals surface area contributed by atoms with Crippen molar-refractivity contribution in [2.24, 2.45) is 0 Å². The van der Waals surface area contributed by atoms with Crippen LogP contribution in [0, 0.1) is 70.7 Å². The van der Waals surface area contributed by atoms with Crippen LogP contribution < -0.4 is 8.45 Å². The zero-order valence-corrected chi connectivity index (χ0v) is 20.2. The zero-order valence-electron chi connectivity index (χ0n) is 16.8. The predicted octanol–water partition coefficient (Wildman–Crippen LogP) is 3.14. The summed E-state index contributed by atoms with van der Waals surface area (Å²) in [6.07, 6.45) is 0. The third-order valence-electron chi connectivity index (χ3n) is 5.17. The van der Waals surface area contributed by atoms with Crippen LogP contribution in [-0.2, 0) is 0 Å². The number of rotatable bonds is 0. The van der Waals surface area contributed by atoms with Gasteiger partial charge in [0.25, 0.3) is 0 Å². The van der Waals surface area contributed by atoms with Gasteiger partial charge in [-0.15, -0.1) is 0 Å². The van der Waals surface area contributed by atoms with Crippen LogP contribution in [0.15, 0.2) is 0 Å². The predicted molar refractivity (Wildman–Crippen MR) is 116 cm³/mol. The number of nitrogens with zero attached hydrogens (tertiary/aromatic N) is 6. The molecule has 0 saturated carbocycles. The van der Waals surface area contributed by atoms with Crippen LogP contribution in [0.5, 0.6) is 0 Å². The Bertz CT molecular complexity index is 1870. The summed E-state index contributed by atoms with van der Waals surface area (Å²) in [4.78, 5) is 13.3. The number of aromatic nitrogens is 2. The molecule has 36 heavy (non-hydrogen) atoms. The second kappa shape index (κ2) is 8.21. The van der Waals surface area contributed by atoms with E-state index in [-0.39, 0.29) is 8.45 Å². The Morgan fingerprint density at radius 3 is 1.44 bits per heavy atom. The van der Waals surface area contributed by atoms with Crippen molar-refractivity contribution in [2.45, 2.75) is 0 Å². The quantitative estimate of drug-likeness (QED) is 0.115. The van der Waals surface area contributed by atoms with Crippen LogP contribution in [0.25, 0.3) is 62.2 Å². The summed E-state index contributed by atoms with van der Waals surface area (Å²) in [5.74, 6) is -10.2. The van der Waals surface area contributed by atoms with Crippen molar-refractivity contribution in [2.75, 3.05) is 0 Å². The molecule has 2 aromatic heterocycles. The molecule has 14 heteroatoms. The molecular weight excluding hydrogens is 620 g/mol. The Balaban J connectivity index is 2.10. The van der Waals surface area contributed by atoms with Gasteiger partial charge in [-0.1, -0.05) is 0 Å². The molecule has 0 fully saturated rings. The van der Waals surface area contributed by atoms with E-state index in [2.05, 4.69) is 19.7 Å². The van der Waals surface area contributed by atoms with Crippen LogP contribution in [0.4, 0.5) is 26.3 Å². The topological polar surface area (TPSA) is 82.1 Å². The van der Waals surface area contributed by atoms with Crippen molar-refractivity contribution in [1.82, 2.24) is 9.97 Å². The van der Waals surface area contributed by atoms with Crippen molar-refractivity contribution in [3.05, 3.63) is 66.2 Å². The van der Waals surface area contributed by atoms with Crippen molar-refractivity contribution >= 4 is 81.5 Å². The molecule has 0 saturated heterocycles. The van der Waals surface area contributed by atoms with Crippen LogP contribution in [0.3, 0.4) is 0 Å². The summed E-state index contributed by atoms with van der Waals surface area (Å²) >= 11 is -2.54. The molecule has 0 radical (unpaired) electrons. The van der Waals surface area contributed by atoms with E-state index in [1.165, 1.54) is 12.1 Å². The fourth-order valence-electron chi connectivity index (χ4n) is 3.66. The maximum absolute atomic E-state index is 15.6. The van der Waals surface area contributed by atoms with Gasteiger partial charge in [0, 0.05) is 0 Å². The molecule has 0 bridgehead atoms. The Kier molecular flexibility index (Phi) is 5.37. The number of fused-ring (bicyclic) bond motifs is 4. The summed E-state index contributed by atoms with van der Waals surface area (Å²) in [5.41, 5.74) is -2.06. The molecule has 5 aromatic rings. The van der Waals surface area contributed by atoms with E-state index in [9.17, 15) is 0 Å². The van der Waals surface area contributed by atoms with Gasteiger partial charge in [-0.25, -0.2) is 0 Å². The third-order valence-corrected chi connectivity index (χ3v) is 9.59. The molecule has 0 atom stereocenters. The second-order valence-corrected chi connectivity index (χ2v) is 11.1. The number of benzene rings is 3. The normalized spacial score (nSPS) is 10.9. The van der Waals surface area contributed by atoms with Gasteiger partial charge in [-0.2, -0.15) is 0 Å². The van der Waals surface area contributed by atoms with E-state index >= 15 is 26.3 Å². The van der Waals surface area contributed by atoms with E-state index in [1.54, 1.807) is 0 Å². The monoisotopic (exact) mass is 622 g/mol. The Morgan fingerprint density at radius 1 is 0.639 bits per heavy atom. The first-order valence-corrected chi connectivity index (χ1v) is 12.6. The van der Waals surface area contributed by atoms with Gasteiger partial charge in [0.1, 0.15) is 0 Å². The molecule has 0 spiro atoms. The van der Waals surface area contributed by atoms with Crippen molar-refractivity contribution in [1.29, 1.82) is 10.5 Å². The average molecular weight is 620 g/mol. The fourth-order valence-corrected chi connectivity index (χ4v) is 7.61. The SMILES string of the molecule is [C-]#[N+]C([N+]#[C-])=c1nc2c(F)c3c(F)c4c(F)c5[se]c(=C(C#N)C#N)nc5c(F)c4c(F)c3c(F)c2[se]1. The first-order valence-electron chi connectivity index (χ1n) is 9.19. The molecule has 2 heterocycles. The van der Waals surface area contributed by atoms with Gasteiger partial charge in [0.15, 0.2) is 0 Å².